The minimum absolute atomic E-state index is 0.152. The molecule has 0 fully saturated rings. The summed E-state index contributed by atoms with van der Waals surface area (Å²) in [6.07, 6.45) is 5.45. The number of aromatic nitrogens is 3. The van der Waals surface area contributed by atoms with Crippen LogP contribution in [0.1, 0.15) is 31.1 Å². The van der Waals surface area contributed by atoms with Gasteiger partial charge in [0.25, 0.3) is 17.7 Å². The Bertz CT molecular complexity index is 3960. The third kappa shape index (κ3) is 7.88. The van der Waals surface area contributed by atoms with Crippen molar-refractivity contribution in [1.29, 1.82) is 0 Å². The lowest BCUT2D eigenvalue weighted by atomic mass is 10.0. The number of carbonyl (C=O) groups excluding carboxylic acids is 3. The fourth-order valence-electron chi connectivity index (χ4n) is 9.83. The number of anilines is 3. The van der Waals surface area contributed by atoms with Crippen LogP contribution in [0.25, 0.3) is 99.6 Å². The minimum atomic E-state index is -0.421. The highest BCUT2D eigenvalue weighted by Crippen LogP contribution is 2.35. The fourth-order valence-corrected chi connectivity index (χ4v) is 9.83. The van der Waals surface area contributed by atoms with Gasteiger partial charge in [0.05, 0.1) is 17.1 Å². The lowest BCUT2D eigenvalue weighted by molar-refractivity contribution is 0.0992. The van der Waals surface area contributed by atoms with Crippen molar-refractivity contribution < 1.29 is 27.6 Å². The molecule has 12 heteroatoms. The van der Waals surface area contributed by atoms with E-state index in [0.29, 0.717) is 17.1 Å². The van der Waals surface area contributed by atoms with E-state index in [9.17, 15) is 14.4 Å². The van der Waals surface area contributed by atoms with Gasteiger partial charge in [0.15, 0.2) is 0 Å². The van der Waals surface area contributed by atoms with Gasteiger partial charge in [-0.15, -0.1) is 0 Å². The molecule has 360 valence electrons. The molecule has 0 unspecified atom stereocenters. The molecule has 0 aliphatic heterocycles. The van der Waals surface area contributed by atoms with Gasteiger partial charge >= 0.3 is 0 Å². The molecule has 3 amide bonds. The van der Waals surface area contributed by atoms with E-state index < -0.39 is 17.7 Å². The van der Waals surface area contributed by atoms with Crippen LogP contribution in [-0.4, -0.2) is 53.8 Å². The standard InChI is InChI=1S/C63H42N6O6/c1-67(43-22-16-37(17-23-43)52-31-58-49(34-64-52)46-10-4-7-13-55(46)73-58)61(70)40-28-41(62(71)68(2)44-24-18-38(19-25-44)53-32-59-50(35-65-53)47-11-5-8-14-56(47)74-59)30-42(29-40)63(72)69(3)45-26-20-39(21-27-45)54-33-60-51(36-66-54)48-12-6-9-15-57(48)75-60/h4-36H,1-3H3. The van der Waals surface area contributed by atoms with E-state index in [0.717, 1.165) is 99.6 Å². The average Bonchev–Trinajstić information content (AvgIpc) is 4.16. The van der Waals surface area contributed by atoms with Gasteiger partial charge in [0.2, 0.25) is 0 Å². The fraction of sp³-hybridized carbons (Fsp3) is 0.0476. The molecule has 0 radical (unpaired) electrons. The lowest BCUT2D eigenvalue weighted by Crippen LogP contribution is -2.31. The number of benzene rings is 7. The molecule has 12 nitrogen and oxygen atoms in total. The maximum atomic E-state index is 14.6. The number of furan rings is 3. The highest BCUT2D eigenvalue weighted by atomic mass is 16.3. The molecule has 0 aliphatic rings. The summed E-state index contributed by atoms with van der Waals surface area (Å²) in [6, 6.07) is 56.3. The van der Waals surface area contributed by atoms with E-state index in [1.807, 2.05) is 182 Å². The van der Waals surface area contributed by atoms with Crippen molar-refractivity contribution in [2.45, 2.75) is 0 Å². The Morgan fingerprint density at radius 1 is 0.320 bits per heavy atom. The second-order valence-corrected chi connectivity index (χ2v) is 18.5. The summed E-state index contributed by atoms with van der Waals surface area (Å²) in [5, 5.41) is 5.79. The molecule has 0 N–H and O–H groups in total. The molecule has 6 heterocycles. The van der Waals surface area contributed by atoms with Crippen molar-refractivity contribution in [3.63, 3.8) is 0 Å². The van der Waals surface area contributed by atoms with Crippen LogP contribution < -0.4 is 14.7 Å². The third-order valence-corrected chi connectivity index (χ3v) is 14.0. The molecule has 0 atom stereocenters. The van der Waals surface area contributed by atoms with E-state index in [2.05, 4.69) is 0 Å². The summed E-state index contributed by atoms with van der Waals surface area (Å²) in [6.45, 7) is 0. The summed E-state index contributed by atoms with van der Waals surface area (Å²) >= 11 is 0. The van der Waals surface area contributed by atoms with Crippen molar-refractivity contribution in [3.05, 3.63) is 217 Å². The van der Waals surface area contributed by atoms with E-state index in [1.54, 1.807) is 21.1 Å². The zero-order valence-corrected chi connectivity index (χ0v) is 40.7. The molecule has 0 saturated carbocycles. The zero-order valence-electron chi connectivity index (χ0n) is 40.7. The predicted molar refractivity (Wildman–Crippen MR) is 295 cm³/mol. The first-order chi connectivity index (χ1) is 36.6. The number of rotatable bonds is 9. The van der Waals surface area contributed by atoms with Gasteiger partial charge in [-0.3, -0.25) is 29.3 Å². The van der Waals surface area contributed by atoms with Crippen molar-refractivity contribution >= 4 is 101 Å². The first-order valence-electron chi connectivity index (χ1n) is 24.2. The quantitative estimate of drug-likeness (QED) is 0.138. The maximum absolute atomic E-state index is 14.6. The van der Waals surface area contributed by atoms with Crippen molar-refractivity contribution in [2.24, 2.45) is 0 Å². The first-order valence-corrected chi connectivity index (χ1v) is 24.2. The van der Waals surface area contributed by atoms with E-state index >= 15 is 0 Å². The van der Waals surface area contributed by atoms with Gasteiger partial charge < -0.3 is 28.0 Å². The Balaban J connectivity index is 0.793. The van der Waals surface area contributed by atoms with Crippen LogP contribution in [0.3, 0.4) is 0 Å². The molecule has 6 aromatic heterocycles. The van der Waals surface area contributed by atoms with Crippen LogP contribution >= 0.6 is 0 Å². The van der Waals surface area contributed by atoms with E-state index in [-0.39, 0.29) is 16.7 Å². The normalized spacial score (nSPS) is 11.6. The van der Waals surface area contributed by atoms with E-state index in [4.69, 9.17) is 28.2 Å². The van der Waals surface area contributed by atoms with Gasteiger partial charge in [0, 0.05) is 141 Å². The smallest absolute Gasteiger partial charge is 0.258 e. The third-order valence-electron chi connectivity index (χ3n) is 14.0. The Morgan fingerprint density at radius 2 is 0.587 bits per heavy atom. The molecule has 0 bridgehead atoms. The number of carbonyl (C=O) groups is 3. The number of hydrogen-bond donors (Lipinski definition) is 0. The van der Waals surface area contributed by atoms with Crippen molar-refractivity contribution in [2.75, 3.05) is 35.8 Å². The van der Waals surface area contributed by atoms with Crippen LogP contribution in [0.5, 0.6) is 0 Å². The average molecular weight is 979 g/mol. The molecule has 0 aliphatic carbocycles. The second kappa shape index (κ2) is 17.8. The van der Waals surface area contributed by atoms with Gasteiger partial charge in [0.1, 0.15) is 33.5 Å². The molecule has 7 aromatic carbocycles. The van der Waals surface area contributed by atoms with E-state index in [1.165, 1.54) is 32.9 Å². The minimum Gasteiger partial charge on any atom is -0.456 e. The van der Waals surface area contributed by atoms with Crippen LogP contribution in [0, 0.1) is 0 Å². The monoisotopic (exact) mass is 978 g/mol. The molecular weight excluding hydrogens is 937 g/mol. The van der Waals surface area contributed by atoms with Gasteiger partial charge in [-0.1, -0.05) is 91.0 Å². The van der Waals surface area contributed by atoms with Crippen molar-refractivity contribution in [1.82, 2.24) is 15.0 Å². The number of amides is 3. The summed E-state index contributed by atoms with van der Waals surface area (Å²) in [5.74, 6) is -1.26. The molecule has 0 spiro atoms. The maximum Gasteiger partial charge on any atom is 0.258 e. The van der Waals surface area contributed by atoms with Crippen LogP contribution in [0.2, 0.25) is 0 Å². The number of fused-ring (bicyclic) bond motifs is 9. The summed E-state index contributed by atoms with van der Waals surface area (Å²) in [7, 11) is 4.99. The summed E-state index contributed by atoms with van der Waals surface area (Å²) in [4.78, 5) is 62.5. The second-order valence-electron chi connectivity index (χ2n) is 18.5. The topological polar surface area (TPSA) is 139 Å². The lowest BCUT2D eigenvalue weighted by Gasteiger charge is -2.22. The molecule has 75 heavy (non-hydrogen) atoms. The highest BCUT2D eigenvalue weighted by molar-refractivity contribution is 6.15. The Labute approximate surface area is 428 Å². The predicted octanol–water partition coefficient (Wildman–Crippen LogP) is 14.4. The van der Waals surface area contributed by atoms with Gasteiger partial charge in [-0.25, -0.2) is 0 Å². The largest absolute Gasteiger partial charge is 0.456 e. The summed E-state index contributed by atoms with van der Waals surface area (Å²) in [5.41, 5.74) is 11.4. The summed E-state index contributed by atoms with van der Waals surface area (Å²) < 4.78 is 18.3. The SMILES string of the molecule is CN(C(=O)c1cc(C(=O)N(C)c2ccc(-c3cc4oc5ccccc5c4cn3)cc2)cc(C(=O)N(C)c2ccc(-c3cc4oc5ccccc5c4cn3)cc2)c1)c1ccc(-c2cc3oc4ccccc4c3cn2)cc1. The Morgan fingerprint density at radius 3 is 0.867 bits per heavy atom. The Kier molecular flexibility index (Phi) is 10.6. The number of nitrogens with zero attached hydrogens (tertiary/aromatic N) is 6. The number of pyridine rings is 3. The molecule has 13 aromatic rings. The number of hydrogen-bond acceptors (Lipinski definition) is 9. The van der Waals surface area contributed by atoms with Crippen LogP contribution in [-0.2, 0) is 0 Å². The van der Waals surface area contributed by atoms with Gasteiger partial charge in [-0.2, -0.15) is 0 Å². The van der Waals surface area contributed by atoms with Crippen LogP contribution in [0.15, 0.2) is 214 Å². The molecule has 13 rings (SSSR count). The highest BCUT2D eigenvalue weighted by Gasteiger charge is 2.25. The Hall–Kier alpha value is -10.2. The van der Waals surface area contributed by atoms with Gasteiger partial charge in [-0.05, 0) is 72.8 Å². The number of para-hydroxylation sites is 3. The van der Waals surface area contributed by atoms with Crippen molar-refractivity contribution in [3.8, 4) is 33.8 Å². The molecule has 0 saturated heterocycles. The first kappa shape index (κ1) is 44.7. The van der Waals surface area contributed by atoms with Crippen LogP contribution in [0.4, 0.5) is 17.1 Å². The molecular formula is C63H42N6O6. The zero-order chi connectivity index (χ0) is 50.9.